The van der Waals surface area contributed by atoms with E-state index >= 15 is 0 Å². The van der Waals surface area contributed by atoms with E-state index in [1.807, 2.05) is 13.8 Å². The molecule has 108 valence electrons. The molecule has 1 rings (SSSR count). The van der Waals surface area contributed by atoms with Crippen LogP contribution in [0.4, 0.5) is 0 Å². The van der Waals surface area contributed by atoms with Gasteiger partial charge in [-0.2, -0.15) is 0 Å². The molecule has 0 spiro atoms. The van der Waals surface area contributed by atoms with Gasteiger partial charge in [-0.05, 0) is 19.9 Å². The Hall–Kier alpha value is -0.970. The summed E-state index contributed by atoms with van der Waals surface area (Å²) in [5.74, 6) is 1.25. The highest BCUT2D eigenvalue weighted by atomic mass is 35.5. The largest absolute Gasteiger partial charge is 0.493 e. The van der Waals surface area contributed by atoms with Gasteiger partial charge in [0.15, 0.2) is 11.5 Å². The molecular weight excluding hydrogens is 266 g/mol. The lowest BCUT2D eigenvalue weighted by molar-refractivity contribution is 0.00517. The summed E-state index contributed by atoms with van der Waals surface area (Å²) in [6.07, 6.45) is 0.763. The Balaban J connectivity index is 2.82. The van der Waals surface area contributed by atoms with Crippen molar-refractivity contribution < 1.29 is 14.2 Å². The maximum Gasteiger partial charge on any atom is 0.165 e. The average molecular weight is 288 g/mol. The van der Waals surface area contributed by atoms with E-state index in [1.54, 1.807) is 26.4 Å². The van der Waals surface area contributed by atoms with Gasteiger partial charge in [0.1, 0.15) is 0 Å². The molecule has 0 unspecified atom stereocenters. The predicted octanol–water partition coefficient (Wildman–Crippen LogP) is 3.00. The molecule has 0 saturated carbocycles. The van der Waals surface area contributed by atoms with Crippen molar-refractivity contribution in [3.8, 4) is 11.5 Å². The Morgan fingerprint density at radius 3 is 2.47 bits per heavy atom. The van der Waals surface area contributed by atoms with Crippen molar-refractivity contribution in [3.63, 3.8) is 0 Å². The van der Waals surface area contributed by atoms with Crippen molar-refractivity contribution in [1.29, 1.82) is 0 Å². The zero-order valence-corrected chi connectivity index (χ0v) is 12.7. The first-order chi connectivity index (χ1) is 8.93. The second-order valence-corrected chi connectivity index (χ2v) is 5.30. The van der Waals surface area contributed by atoms with Crippen molar-refractivity contribution in [2.45, 2.75) is 32.4 Å². The smallest absolute Gasteiger partial charge is 0.165 e. The summed E-state index contributed by atoms with van der Waals surface area (Å²) in [6.45, 7) is 4.89. The highest BCUT2D eigenvalue weighted by Crippen LogP contribution is 2.34. The first kappa shape index (κ1) is 16.1. The molecule has 4 nitrogen and oxygen atoms in total. The second-order valence-electron chi connectivity index (χ2n) is 4.86. The third-order valence-corrected chi connectivity index (χ3v) is 3.26. The Morgan fingerprint density at radius 1 is 1.26 bits per heavy atom. The zero-order chi connectivity index (χ0) is 14.5. The maximum absolute atomic E-state index is 6.00. The van der Waals surface area contributed by atoms with E-state index < -0.39 is 0 Å². The average Bonchev–Trinajstić information content (AvgIpc) is 2.39. The molecule has 0 saturated heterocycles. The number of hydrogen-bond acceptors (Lipinski definition) is 4. The topological polar surface area (TPSA) is 53.7 Å². The fourth-order valence-electron chi connectivity index (χ4n) is 1.59. The van der Waals surface area contributed by atoms with E-state index in [4.69, 9.17) is 31.5 Å². The first-order valence-corrected chi connectivity index (χ1v) is 6.55. The van der Waals surface area contributed by atoms with Gasteiger partial charge in [0.2, 0.25) is 0 Å². The summed E-state index contributed by atoms with van der Waals surface area (Å²) in [5, 5.41) is 0.585. The monoisotopic (exact) mass is 287 g/mol. The molecule has 0 aliphatic rings. The van der Waals surface area contributed by atoms with Gasteiger partial charge in [-0.1, -0.05) is 11.6 Å². The molecule has 0 aliphatic heterocycles. The fraction of sp³-hybridized carbons (Fsp3) is 0.571. The summed E-state index contributed by atoms with van der Waals surface area (Å²) in [5.41, 5.74) is 6.32. The van der Waals surface area contributed by atoms with Crippen LogP contribution < -0.4 is 15.2 Å². The standard InChI is InChI=1S/C14H22ClNO3/c1-14(2,18-4)5-6-19-13-10(9-16)7-11(15)8-12(13)17-3/h7-8H,5-6,9,16H2,1-4H3. The zero-order valence-electron chi connectivity index (χ0n) is 12.0. The van der Waals surface area contributed by atoms with Crippen LogP contribution in [0.5, 0.6) is 11.5 Å². The molecule has 2 N–H and O–H groups in total. The van der Waals surface area contributed by atoms with Gasteiger partial charge in [0.25, 0.3) is 0 Å². The van der Waals surface area contributed by atoms with Crippen molar-refractivity contribution in [2.75, 3.05) is 20.8 Å². The normalized spacial score (nSPS) is 11.5. The lowest BCUT2D eigenvalue weighted by atomic mass is 10.1. The van der Waals surface area contributed by atoms with Gasteiger partial charge in [-0.25, -0.2) is 0 Å². The summed E-state index contributed by atoms with van der Waals surface area (Å²) in [7, 11) is 3.27. The summed E-state index contributed by atoms with van der Waals surface area (Å²) >= 11 is 6.00. The molecule has 0 aromatic heterocycles. The number of hydrogen-bond donors (Lipinski definition) is 1. The Bertz CT molecular complexity index is 396. The van der Waals surface area contributed by atoms with Crippen LogP contribution in [0.2, 0.25) is 5.02 Å². The number of methoxy groups -OCH3 is 2. The fourth-order valence-corrected chi connectivity index (χ4v) is 1.82. The molecule has 0 fully saturated rings. The van der Waals surface area contributed by atoms with Gasteiger partial charge in [0.05, 0.1) is 19.3 Å². The lowest BCUT2D eigenvalue weighted by Crippen LogP contribution is -2.25. The number of benzene rings is 1. The molecule has 0 atom stereocenters. The predicted molar refractivity (Wildman–Crippen MR) is 77.1 cm³/mol. The van der Waals surface area contributed by atoms with Gasteiger partial charge in [-0.3, -0.25) is 0 Å². The van der Waals surface area contributed by atoms with E-state index in [-0.39, 0.29) is 5.60 Å². The van der Waals surface area contributed by atoms with E-state index in [1.165, 1.54) is 0 Å². The minimum Gasteiger partial charge on any atom is -0.493 e. The Kier molecular flexibility index (Phi) is 5.91. The van der Waals surface area contributed by atoms with Gasteiger partial charge in [0, 0.05) is 36.7 Å². The van der Waals surface area contributed by atoms with Crippen LogP contribution >= 0.6 is 11.6 Å². The highest BCUT2D eigenvalue weighted by molar-refractivity contribution is 6.30. The molecule has 0 heterocycles. The third-order valence-electron chi connectivity index (χ3n) is 3.04. The van der Waals surface area contributed by atoms with E-state index in [2.05, 4.69) is 0 Å². The van der Waals surface area contributed by atoms with Gasteiger partial charge >= 0.3 is 0 Å². The summed E-state index contributed by atoms with van der Waals surface area (Å²) < 4.78 is 16.4. The molecule has 0 aliphatic carbocycles. The van der Waals surface area contributed by atoms with Crippen LogP contribution in [0.25, 0.3) is 0 Å². The lowest BCUT2D eigenvalue weighted by Gasteiger charge is -2.23. The molecule has 0 radical (unpaired) electrons. The summed E-state index contributed by atoms with van der Waals surface area (Å²) in [6, 6.07) is 3.51. The number of rotatable bonds is 7. The maximum atomic E-state index is 6.00. The highest BCUT2D eigenvalue weighted by Gasteiger charge is 2.18. The van der Waals surface area contributed by atoms with E-state index in [9.17, 15) is 0 Å². The minimum absolute atomic E-state index is 0.220. The van der Waals surface area contributed by atoms with Crippen LogP contribution in [0.3, 0.4) is 0 Å². The SMILES string of the molecule is COc1cc(Cl)cc(CN)c1OCCC(C)(C)OC. The Morgan fingerprint density at radius 2 is 1.95 bits per heavy atom. The molecular formula is C14H22ClNO3. The molecule has 0 bridgehead atoms. The van der Waals surface area contributed by atoms with Gasteiger partial charge < -0.3 is 19.9 Å². The van der Waals surface area contributed by atoms with Crippen molar-refractivity contribution >= 4 is 11.6 Å². The number of halogens is 1. The summed E-state index contributed by atoms with van der Waals surface area (Å²) in [4.78, 5) is 0. The third kappa shape index (κ3) is 4.56. The van der Waals surface area contributed by atoms with E-state index in [0.717, 1.165) is 12.0 Å². The number of ether oxygens (including phenoxy) is 3. The van der Waals surface area contributed by atoms with Crippen LogP contribution in [0.15, 0.2) is 12.1 Å². The number of nitrogens with two attached hydrogens (primary N) is 1. The molecule has 19 heavy (non-hydrogen) atoms. The second kappa shape index (κ2) is 6.98. The van der Waals surface area contributed by atoms with Crippen LogP contribution in [0, 0.1) is 0 Å². The van der Waals surface area contributed by atoms with Gasteiger partial charge in [-0.15, -0.1) is 0 Å². The molecule has 1 aromatic rings. The van der Waals surface area contributed by atoms with Crippen LogP contribution in [0.1, 0.15) is 25.8 Å². The van der Waals surface area contributed by atoms with E-state index in [0.29, 0.717) is 29.7 Å². The van der Waals surface area contributed by atoms with Crippen molar-refractivity contribution in [3.05, 3.63) is 22.7 Å². The van der Waals surface area contributed by atoms with Crippen LogP contribution in [-0.2, 0) is 11.3 Å². The molecule has 5 heteroatoms. The van der Waals surface area contributed by atoms with Crippen LogP contribution in [-0.4, -0.2) is 26.4 Å². The van der Waals surface area contributed by atoms with Crippen molar-refractivity contribution in [2.24, 2.45) is 5.73 Å². The Labute approximate surface area is 119 Å². The minimum atomic E-state index is -0.220. The molecule has 0 amide bonds. The molecule has 1 aromatic carbocycles. The first-order valence-electron chi connectivity index (χ1n) is 6.18. The van der Waals surface area contributed by atoms with Crippen molar-refractivity contribution in [1.82, 2.24) is 0 Å². The quantitative estimate of drug-likeness (QED) is 0.837.